The summed E-state index contributed by atoms with van der Waals surface area (Å²) in [6, 6.07) is 15.8. The zero-order chi connectivity index (χ0) is 18.4. The van der Waals surface area contributed by atoms with Gasteiger partial charge in [0.05, 0.1) is 0 Å². The number of Topliss-reactive ketones (excluding diaryl/α,β-unsaturated/α-hetero) is 1. The van der Waals surface area contributed by atoms with Crippen LogP contribution < -0.4 is 5.32 Å². The molecule has 1 saturated carbocycles. The number of nitrogens with one attached hydrogen (secondary N) is 1. The van der Waals surface area contributed by atoms with Crippen LogP contribution in [0.2, 0.25) is 0 Å². The minimum atomic E-state index is -1.63. The van der Waals surface area contributed by atoms with E-state index in [4.69, 9.17) is 11.6 Å². The van der Waals surface area contributed by atoms with Gasteiger partial charge in [0, 0.05) is 0 Å². The Balaban J connectivity index is 1.81. The van der Waals surface area contributed by atoms with Crippen LogP contribution in [-0.2, 0) is 14.5 Å². The third-order valence-corrected chi connectivity index (χ3v) is 6.38. The number of aryl methyl sites for hydroxylation is 1. The van der Waals surface area contributed by atoms with Gasteiger partial charge in [0.2, 0.25) is 4.87 Å². The van der Waals surface area contributed by atoms with E-state index in [1.807, 2.05) is 55.5 Å². The van der Waals surface area contributed by atoms with Gasteiger partial charge in [-0.3, -0.25) is 9.59 Å². The van der Waals surface area contributed by atoms with Crippen LogP contribution in [0.15, 0.2) is 48.5 Å². The van der Waals surface area contributed by atoms with Crippen LogP contribution in [0.25, 0.3) is 11.1 Å². The summed E-state index contributed by atoms with van der Waals surface area (Å²) in [5.74, 6) is -0.552. The molecule has 4 heteroatoms. The Morgan fingerprint density at radius 1 is 0.923 bits per heavy atom. The summed E-state index contributed by atoms with van der Waals surface area (Å²) < 4.78 is 0. The highest BCUT2D eigenvalue weighted by Crippen LogP contribution is 2.46. The summed E-state index contributed by atoms with van der Waals surface area (Å²) in [6.07, 6.45) is 4.36. The summed E-state index contributed by atoms with van der Waals surface area (Å²) in [5.41, 5.74) is 2.66. The molecule has 0 bridgehead atoms. The Morgan fingerprint density at radius 3 is 2.31 bits per heavy atom. The molecule has 0 radical (unpaired) electrons. The maximum atomic E-state index is 13.4. The van der Waals surface area contributed by atoms with Gasteiger partial charge in [-0.25, -0.2) is 0 Å². The molecule has 2 aromatic rings. The molecule has 3 nitrogen and oxygen atoms in total. The third kappa shape index (κ3) is 2.49. The Bertz CT molecular complexity index is 871. The molecular weight excluding hydrogens is 346 g/mol. The maximum absolute atomic E-state index is 13.4. The number of rotatable bonds is 2. The van der Waals surface area contributed by atoms with Gasteiger partial charge in [-0.15, -0.1) is 0 Å². The second-order valence-corrected chi connectivity index (χ2v) is 8.05. The lowest BCUT2D eigenvalue weighted by Crippen LogP contribution is -2.48. The first-order valence-electron chi connectivity index (χ1n) is 9.20. The zero-order valence-electron chi connectivity index (χ0n) is 14.8. The number of hydrogen-bond acceptors (Lipinski definition) is 2. The Hall–Kier alpha value is -2.13. The van der Waals surface area contributed by atoms with Gasteiger partial charge in [-0.1, -0.05) is 73.3 Å². The fraction of sp³-hybridized carbons (Fsp3) is 0.364. The number of alkyl halides is 1. The fourth-order valence-corrected chi connectivity index (χ4v) is 4.78. The number of amides is 1. The minimum Gasteiger partial charge on any atom is -0.341 e. The van der Waals surface area contributed by atoms with Gasteiger partial charge in [-0.2, -0.15) is 0 Å². The van der Waals surface area contributed by atoms with E-state index in [-0.39, 0.29) is 11.7 Å². The molecule has 1 amide bonds. The highest BCUT2D eigenvalue weighted by atomic mass is 35.5. The van der Waals surface area contributed by atoms with Gasteiger partial charge >= 0.3 is 0 Å². The molecule has 2 aromatic carbocycles. The average molecular weight is 368 g/mol. The average Bonchev–Trinajstić information content (AvgIpc) is 2.85. The Labute approximate surface area is 158 Å². The van der Waals surface area contributed by atoms with E-state index >= 15 is 0 Å². The van der Waals surface area contributed by atoms with Crippen LogP contribution in [0.4, 0.5) is 0 Å². The molecule has 1 atom stereocenters. The van der Waals surface area contributed by atoms with Crippen molar-refractivity contribution in [2.24, 2.45) is 0 Å². The van der Waals surface area contributed by atoms with Crippen LogP contribution in [0.3, 0.4) is 0 Å². The molecule has 2 aliphatic rings. The number of carbonyl (C=O) groups is 2. The Morgan fingerprint density at radius 2 is 1.62 bits per heavy atom. The van der Waals surface area contributed by atoms with Crippen molar-refractivity contribution in [1.29, 1.82) is 0 Å². The van der Waals surface area contributed by atoms with Crippen LogP contribution >= 0.6 is 11.6 Å². The van der Waals surface area contributed by atoms with Crippen molar-refractivity contribution in [2.75, 3.05) is 0 Å². The quantitative estimate of drug-likeness (QED) is 0.627. The Kier molecular flexibility index (Phi) is 4.15. The number of hydrogen-bond donors (Lipinski definition) is 1. The SMILES string of the molecule is Cc1ccc(-c2ccccc2)cc1C1(Cl)C(=O)NC2(CCCCC2)C1=O. The lowest BCUT2D eigenvalue weighted by Gasteiger charge is -2.32. The van der Waals surface area contributed by atoms with Gasteiger partial charge in [0.1, 0.15) is 5.54 Å². The molecule has 2 fully saturated rings. The van der Waals surface area contributed by atoms with Gasteiger partial charge in [0.25, 0.3) is 5.91 Å². The number of ketones is 1. The molecule has 1 unspecified atom stereocenters. The van der Waals surface area contributed by atoms with Crippen molar-refractivity contribution in [3.05, 3.63) is 59.7 Å². The first kappa shape index (κ1) is 17.3. The van der Waals surface area contributed by atoms with Gasteiger partial charge in [0.15, 0.2) is 5.78 Å². The molecule has 134 valence electrons. The maximum Gasteiger partial charge on any atom is 0.254 e. The molecule has 4 rings (SSSR count). The summed E-state index contributed by atoms with van der Waals surface area (Å²) in [5, 5.41) is 2.97. The van der Waals surface area contributed by atoms with E-state index < -0.39 is 10.4 Å². The summed E-state index contributed by atoms with van der Waals surface area (Å²) in [6.45, 7) is 1.90. The first-order valence-corrected chi connectivity index (χ1v) is 9.58. The third-order valence-electron chi connectivity index (χ3n) is 5.84. The second kappa shape index (κ2) is 6.24. The number of halogens is 1. The predicted molar refractivity (Wildman–Crippen MR) is 103 cm³/mol. The van der Waals surface area contributed by atoms with E-state index in [2.05, 4.69) is 5.32 Å². The largest absolute Gasteiger partial charge is 0.341 e. The van der Waals surface area contributed by atoms with Crippen molar-refractivity contribution >= 4 is 23.3 Å². The van der Waals surface area contributed by atoms with E-state index in [1.54, 1.807) is 0 Å². The van der Waals surface area contributed by atoms with Crippen LogP contribution in [0.1, 0.15) is 43.2 Å². The predicted octanol–water partition coefficient (Wildman–Crippen LogP) is 4.50. The highest BCUT2D eigenvalue weighted by molar-refractivity contribution is 6.49. The van der Waals surface area contributed by atoms with E-state index in [9.17, 15) is 9.59 Å². The number of carbonyl (C=O) groups excluding carboxylic acids is 2. The van der Waals surface area contributed by atoms with Crippen LogP contribution in [-0.4, -0.2) is 17.2 Å². The minimum absolute atomic E-state index is 0.176. The topological polar surface area (TPSA) is 46.2 Å². The summed E-state index contributed by atoms with van der Waals surface area (Å²) >= 11 is 6.82. The monoisotopic (exact) mass is 367 g/mol. The van der Waals surface area contributed by atoms with Crippen molar-refractivity contribution in [1.82, 2.24) is 5.32 Å². The van der Waals surface area contributed by atoms with E-state index in [1.165, 1.54) is 0 Å². The highest BCUT2D eigenvalue weighted by Gasteiger charge is 2.62. The lowest BCUT2D eigenvalue weighted by atomic mass is 9.76. The summed E-state index contributed by atoms with van der Waals surface area (Å²) in [7, 11) is 0. The molecule has 1 spiro atoms. The lowest BCUT2D eigenvalue weighted by molar-refractivity contribution is -0.127. The van der Waals surface area contributed by atoms with Crippen LogP contribution in [0.5, 0.6) is 0 Å². The van der Waals surface area contributed by atoms with Gasteiger partial charge in [-0.05, 0) is 48.1 Å². The molecular formula is C22H22ClNO2. The van der Waals surface area contributed by atoms with Gasteiger partial charge < -0.3 is 5.32 Å². The van der Waals surface area contributed by atoms with E-state index in [0.29, 0.717) is 18.4 Å². The standard InChI is InChI=1S/C22H22ClNO2/c1-15-10-11-17(16-8-4-2-5-9-16)14-18(15)22(23)19(25)21(24-20(22)26)12-6-3-7-13-21/h2,4-5,8-11,14H,3,6-7,12-13H2,1H3,(H,24,26). The van der Waals surface area contributed by atoms with Crippen molar-refractivity contribution < 1.29 is 9.59 Å². The van der Waals surface area contributed by atoms with Crippen LogP contribution in [0, 0.1) is 6.92 Å². The zero-order valence-corrected chi connectivity index (χ0v) is 15.6. The molecule has 1 aliphatic carbocycles. The first-order chi connectivity index (χ1) is 12.5. The molecule has 1 saturated heterocycles. The molecule has 26 heavy (non-hydrogen) atoms. The van der Waals surface area contributed by atoms with Crippen molar-refractivity contribution in [3.8, 4) is 11.1 Å². The molecule has 1 N–H and O–H groups in total. The smallest absolute Gasteiger partial charge is 0.254 e. The summed E-state index contributed by atoms with van der Waals surface area (Å²) in [4.78, 5) is 24.7. The molecule has 0 aromatic heterocycles. The van der Waals surface area contributed by atoms with E-state index in [0.717, 1.165) is 36.0 Å². The van der Waals surface area contributed by atoms with Crippen molar-refractivity contribution in [3.63, 3.8) is 0 Å². The molecule has 1 heterocycles. The fourth-order valence-electron chi connectivity index (χ4n) is 4.35. The normalized spacial score (nSPS) is 24.7. The second-order valence-electron chi connectivity index (χ2n) is 7.48. The number of benzene rings is 2. The van der Waals surface area contributed by atoms with Crippen molar-refractivity contribution in [2.45, 2.75) is 49.4 Å². The molecule has 1 aliphatic heterocycles.